The first-order valence-electron chi connectivity index (χ1n) is 9.23. The molecule has 158 valence electrons. The van der Waals surface area contributed by atoms with Crippen LogP contribution in [0.15, 0.2) is 47.4 Å². The van der Waals surface area contributed by atoms with Gasteiger partial charge in [0.15, 0.2) is 5.78 Å². The maximum atomic E-state index is 13.7. The monoisotopic (exact) mass is 467 g/mol. The van der Waals surface area contributed by atoms with Gasteiger partial charge in [0.2, 0.25) is 20.6 Å². The second kappa shape index (κ2) is 6.97. The SMILES string of the molecule is COc1ccc(Cl)cc1CC1(C)CN2C(=O)CC2(S(=O)(=O)c2ccc(Cl)cc2)C1=O. The van der Waals surface area contributed by atoms with E-state index in [2.05, 4.69) is 0 Å². The van der Waals surface area contributed by atoms with Crippen molar-refractivity contribution in [2.75, 3.05) is 13.7 Å². The Morgan fingerprint density at radius 2 is 1.70 bits per heavy atom. The molecule has 2 aromatic carbocycles. The highest BCUT2D eigenvalue weighted by Crippen LogP contribution is 2.53. The lowest BCUT2D eigenvalue weighted by molar-refractivity contribution is -0.150. The van der Waals surface area contributed by atoms with Crippen LogP contribution in [0.2, 0.25) is 10.0 Å². The molecule has 0 radical (unpaired) electrons. The summed E-state index contributed by atoms with van der Waals surface area (Å²) in [6.45, 7) is 1.69. The van der Waals surface area contributed by atoms with Crippen molar-refractivity contribution in [1.82, 2.24) is 4.90 Å². The molecular formula is C21H19Cl2NO5S. The van der Waals surface area contributed by atoms with E-state index < -0.39 is 25.9 Å². The van der Waals surface area contributed by atoms with Gasteiger partial charge in [0, 0.05) is 16.6 Å². The number of sulfone groups is 1. The predicted molar refractivity (Wildman–Crippen MR) is 113 cm³/mol. The number of amides is 1. The van der Waals surface area contributed by atoms with Crippen LogP contribution in [0.1, 0.15) is 18.9 Å². The summed E-state index contributed by atoms with van der Waals surface area (Å²) in [6.07, 6.45) is -0.170. The van der Waals surface area contributed by atoms with Crippen LogP contribution >= 0.6 is 23.2 Å². The Morgan fingerprint density at radius 1 is 1.07 bits per heavy atom. The Morgan fingerprint density at radius 3 is 2.30 bits per heavy atom. The third kappa shape index (κ3) is 2.87. The highest BCUT2D eigenvalue weighted by molar-refractivity contribution is 7.93. The number of benzene rings is 2. The van der Waals surface area contributed by atoms with Crippen LogP contribution in [0, 0.1) is 5.41 Å². The molecule has 0 spiro atoms. The molecule has 6 nitrogen and oxygen atoms in total. The Bertz CT molecular complexity index is 1160. The molecular weight excluding hydrogens is 449 g/mol. The van der Waals surface area contributed by atoms with Gasteiger partial charge in [-0.1, -0.05) is 30.1 Å². The number of halogens is 2. The first-order valence-corrected chi connectivity index (χ1v) is 11.5. The Kier molecular flexibility index (Phi) is 4.91. The van der Waals surface area contributed by atoms with E-state index >= 15 is 0 Å². The van der Waals surface area contributed by atoms with Gasteiger partial charge in [-0.2, -0.15) is 0 Å². The zero-order valence-electron chi connectivity index (χ0n) is 16.3. The minimum absolute atomic E-state index is 0.00710. The molecule has 0 bridgehead atoms. The molecule has 0 saturated carbocycles. The summed E-state index contributed by atoms with van der Waals surface area (Å²) >= 11 is 12.0. The fourth-order valence-corrected chi connectivity index (χ4v) is 6.90. The highest BCUT2D eigenvalue weighted by Gasteiger charge is 2.73. The number of ketones is 1. The van der Waals surface area contributed by atoms with Crippen molar-refractivity contribution >= 4 is 44.7 Å². The maximum Gasteiger partial charge on any atom is 0.228 e. The Labute approximate surface area is 184 Å². The van der Waals surface area contributed by atoms with Gasteiger partial charge in [0.05, 0.1) is 23.8 Å². The number of carbonyl (C=O) groups excluding carboxylic acids is 2. The summed E-state index contributed by atoms with van der Waals surface area (Å²) in [5, 5.41) is 0.853. The van der Waals surface area contributed by atoms with E-state index in [1.54, 1.807) is 25.1 Å². The van der Waals surface area contributed by atoms with Crippen LogP contribution < -0.4 is 4.74 Å². The van der Waals surface area contributed by atoms with Crippen molar-refractivity contribution in [3.63, 3.8) is 0 Å². The van der Waals surface area contributed by atoms with Gasteiger partial charge in [-0.3, -0.25) is 9.59 Å². The Hall–Kier alpha value is -2.09. The van der Waals surface area contributed by atoms with Crippen LogP contribution in [0.25, 0.3) is 0 Å². The van der Waals surface area contributed by atoms with E-state index in [1.807, 2.05) is 0 Å². The second-order valence-electron chi connectivity index (χ2n) is 7.92. The molecule has 2 aromatic rings. The average Bonchev–Trinajstić information content (AvgIpc) is 2.87. The molecule has 2 atom stereocenters. The molecule has 0 aromatic heterocycles. The molecule has 4 rings (SSSR count). The van der Waals surface area contributed by atoms with E-state index in [1.165, 1.54) is 36.3 Å². The number of nitrogens with zero attached hydrogens (tertiary/aromatic N) is 1. The fourth-order valence-electron chi connectivity index (χ4n) is 4.43. The van der Waals surface area contributed by atoms with E-state index in [-0.39, 0.29) is 30.2 Å². The summed E-state index contributed by atoms with van der Waals surface area (Å²) in [6, 6.07) is 10.7. The molecule has 0 N–H and O–H groups in total. The third-order valence-corrected chi connectivity index (χ3v) is 8.75. The molecule has 2 aliphatic heterocycles. The summed E-state index contributed by atoms with van der Waals surface area (Å²) in [5.74, 6) is -0.308. The van der Waals surface area contributed by atoms with Gasteiger partial charge in [-0.15, -0.1) is 0 Å². The number of carbonyl (C=O) groups is 2. The van der Waals surface area contributed by atoms with E-state index in [0.717, 1.165) is 0 Å². The zero-order valence-corrected chi connectivity index (χ0v) is 18.6. The van der Waals surface area contributed by atoms with Crippen molar-refractivity contribution in [2.45, 2.75) is 29.5 Å². The second-order valence-corrected chi connectivity index (χ2v) is 10.9. The summed E-state index contributed by atoms with van der Waals surface area (Å²) in [7, 11) is -2.64. The lowest BCUT2D eigenvalue weighted by Gasteiger charge is -2.44. The molecule has 2 saturated heterocycles. The van der Waals surface area contributed by atoms with Gasteiger partial charge in [0.1, 0.15) is 5.75 Å². The standard InChI is InChI=1S/C21H19Cl2NO5S/c1-20(10-13-9-15(23)5-8-17(13)29-2)12-24-18(25)11-21(24,19(20)26)30(27,28)16-6-3-14(22)4-7-16/h3-9H,10-12H2,1-2H3. The van der Waals surface area contributed by atoms with Crippen molar-refractivity contribution in [1.29, 1.82) is 0 Å². The summed E-state index contributed by atoms with van der Waals surface area (Å²) in [5.41, 5.74) is -0.432. The van der Waals surface area contributed by atoms with Crippen LogP contribution in [-0.4, -0.2) is 43.5 Å². The van der Waals surface area contributed by atoms with E-state index in [9.17, 15) is 18.0 Å². The number of Topliss-reactive ketones (excluding diaryl/α,β-unsaturated/α-hetero) is 1. The highest BCUT2D eigenvalue weighted by atomic mass is 35.5. The fraction of sp³-hybridized carbons (Fsp3) is 0.333. The quantitative estimate of drug-likeness (QED) is 0.628. The summed E-state index contributed by atoms with van der Waals surface area (Å²) < 4.78 is 32.4. The molecule has 1 amide bonds. The van der Waals surface area contributed by atoms with Gasteiger partial charge in [-0.05, 0) is 54.4 Å². The van der Waals surface area contributed by atoms with Gasteiger partial charge in [-0.25, -0.2) is 8.42 Å². The van der Waals surface area contributed by atoms with Crippen LogP contribution in [0.5, 0.6) is 5.75 Å². The van der Waals surface area contributed by atoms with Gasteiger partial charge >= 0.3 is 0 Å². The molecule has 9 heteroatoms. The average molecular weight is 468 g/mol. The normalized spacial score (nSPS) is 25.8. The van der Waals surface area contributed by atoms with Crippen LogP contribution in [0.3, 0.4) is 0 Å². The van der Waals surface area contributed by atoms with Crippen molar-refractivity contribution in [2.24, 2.45) is 5.41 Å². The number of β-lactam (4-membered cyclic amide) rings is 1. The van der Waals surface area contributed by atoms with E-state index in [0.29, 0.717) is 21.4 Å². The third-order valence-electron chi connectivity index (χ3n) is 5.93. The molecule has 2 heterocycles. The van der Waals surface area contributed by atoms with Gasteiger partial charge < -0.3 is 9.64 Å². The van der Waals surface area contributed by atoms with E-state index in [4.69, 9.17) is 27.9 Å². The first kappa shape index (κ1) is 21.2. The van der Waals surface area contributed by atoms with Crippen LogP contribution in [-0.2, 0) is 25.8 Å². The largest absolute Gasteiger partial charge is 0.496 e. The molecule has 2 unspecified atom stereocenters. The molecule has 30 heavy (non-hydrogen) atoms. The van der Waals surface area contributed by atoms with Crippen molar-refractivity contribution < 1.29 is 22.7 Å². The minimum Gasteiger partial charge on any atom is -0.496 e. The lowest BCUT2D eigenvalue weighted by atomic mass is 9.79. The number of fused-ring (bicyclic) bond motifs is 1. The molecule has 2 aliphatic rings. The smallest absolute Gasteiger partial charge is 0.228 e. The van der Waals surface area contributed by atoms with Crippen LogP contribution in [0.4, 0.5) is 0 Å². The predicted octanol–water partition coefficient (Wildman–Crippen LogP) is 3.54. The van der Waals surface area contributed by atoms with Crippen molar-refractivity contribution in [3.8, 4) is 5.75 Å². The number of methoxy groups -OCH3 is 1. The topological polar surface area (TPSA) is 80.8 Å². The van der Waals surface area contributed by atoms with Gasteiger partial charge in [0.25, 0.3) is 0 Å². The number of hydrogen-bond donors (Lipinski definition) is 0. The summed E-state index contributed by atoms with van der Waals surface area (Å²) in [4.78, 5) is 25.3. The Balaban J connectivity index is 1.77. The zero-order chi connectivity index (χ0) is 21.9. The molecule has 2 fully saturated rings. The number of hydrogen-bond acceptors (Lipinski definition) is 5. The first-order chi connectivity index (χ1) is 14.0. The number of rotatable bonds is 5. The molecule has 0 aliphatic carbocycles. The number of ether oxygens (including phenoxy) is 1. The lowest BCUT2D eigenvalue weighted by Crippen LogP contribution is -2.67. The van der Waals surface area contributed by atoms with Crippen molar-refractivity contribution in [3.05, 3.63) is 58.1 Å². The maximum absolute atomic E-state index is 13.7. The minimum atomic E-state index is -4.15.